The minimum atomic E-state index is -0.447. The Labute approximate surface area is 234 Å². The third-order valence-corrected chi connectivity index (χ3v) is 7.41. The van der Waals surface area contributed by atoms with Crippen molar-refractivity contribution in [1.29, 1.82) is 0 Å². The van der Waals surface area contributed by atoms with Gasteiger partial charge in [-0.1, -0.05) is 56.0 Å². The van der Waals surface area contributed by atoms with Gasteiger partial charge >= 0.3 is 0 Å². The number of hydrogen-bond acceptors (Lipinski definition) is 4. The fraction of sp³-hybridized carbons (Fsp3) is 0.242. The Balaban J connectivity index is 1.56. The van der Waals surface area contributed by atoms with Crippen LogP contribution in [-0.4, -0.2) is 49.7 Å². The van der Waals surface area contributed by atoms with Gasteiger partial charge in [0.15, 0.2) is 5.82 Å². The zero-order valence-electron chi connectivity index (χ0n) is 23.2. The zero-order chi connectivity index (χ0) is 28.1. The molecule has 204 valence electrons. The summed E-state index contributed by atoms with van der Waals surface area (Å²) in [6, 6.07) is 9.83. The minimum absolute atomic E-state index is 0.292. The topological polar surface area (TPSA) is 73.5 Å². The van der Waals surface area contributed by atoms with Gasteiger partial charge < -0.3 is 4.98 Å². The number of halogens is 1. The summed E-state index contributed by atoms with van der Waals surface area (Å²) >= 11 is 0. The molecule has 0 amide bonds. The molecule has 40 heavy (non-hydrogen) atoms. The third kappa shape index (κ3) is 5.51. The quantitative estimate of drug-likeness (QED) is 0.272. The monoisotopic (exact) mass is 534 g/mol. The molecule has 4 aromatic rings. The highest BCUT2D eigenvalue weighted by Gasteiger charge is 2.18. The largest absolute Gasteiger partial charge is 0.337 e. The number of allylic oxidation sites excluding steroid dienone is 4. The van der Waals surface area contributed by atoms with Gasteiger partial charge in [-0.2, -0.15) is 5.10 Å². The molecule has 0 saturated carbocycles. The van der Waals surface area contributed by atoms with Gasteiger partial charge in [-0.05, 0) is 74.7 Å². The number of pyridine rings is 1. The van der Waals surface area contributed by atoms with Gasteiger partial charge in [0.25, 0.3) is 0 Å². The fourth-order valence-corrected chi connectivity index (χ4v) is 5.23. The number of benzene rings is 1. The van der Waals surface area contributed by atoms with Gasteiger partial charge in [-0.25, -0.2) is 9.37 Å². The zero-order valence-corrected chi connectivity index (χ0v) is 23.2. The molecule has 0 atom stereocenters. The highest BCUT2D eigenvalue weighted by molar-refractivity contribution is 5.93. The van der Waals surface area contributed by atoms with Gasteiger partial charge in [0, 0.05) is 30.1 Å². The number of H-pyrrole nitrogens is 2. The number of nitrogens with one attached hydrogen (secondary N) is 2. The molecule has 0 aliphatic carbocycles. The summed E-state index contributed by atoms with van der Waals surface area (Å²) in [4.78, 5) is 14.8. The van der Waals surface area contributed by atoms with Crippen molar-refractivity contribution in [2.75, 3.05) is 19.6 Å². The van der Waals surface area contributed by atoms with Crippen LogP contribution < -0.4 is 10.6 Å². The number of likely N-dealkylation sites (tertiary alicyclic amines) is 1. The number of rotatable bonds is 8. The van der Waals surface area contributed by atoms with Crippen LogP contribution in [0.3, 0.4) is 0 Å². The maximum atomic E-state index is 16.4. The average molecular weight is 535 g/mol. The number of fused-ring (bicyclic) bond motifs is 1. The van der Waals surface area contributed by atoms with Crippen molar-refractivity contribution < 1.29 is 4.39 Å². The van der Waals surface area contributed by atoms with Crippen molar-refractivity contribution in [2.24, 2.45) is 0 Å². The molecule has 0 unspecified atom stereocenters. The highest BCUT2D eigenvalue weighted by atomic mass is 19.1. The van der Waals surface area contributed by atoms with Crippen LogP contribution in [-0.2, 0) is 0 Å². The second-order valence-electron chi connectivity index (χ2n) is 9.97. The van der Waals surface area contributed by atoms with Crippen LogP contribution in [0, 0.1) is 0 Å². The summed E-state index contributed by atoms with van der Waals surface area (Å²) in [7, 11) is 0. The van der Waals surface area contributed by atoms with Crippen molar-refractivity contribution in [3.63, 3.8) is 0 Å². The van der Waals surface area contributed by atoms with E-state index in [4.69, 9.17) is 4.98 Å². The predicted molar refractivity (Wildman–Crippen MR) is 162 cm³/mol. The summed E-state index contributed by atoms with van der Waals surface area (Å²) in [5, 5.41) is 8.36. The summed E-state index contributed by atoms with van der Waals surface area (Å²) in [5.41, 5.74) is 6.03. The molecule has 1 saturated heterocycles. The molecular formula is C33H35FN6. The van der Waals surface area contributed by atoms with Crippen molar-refractivity contribution in [3.05, 3.63) is 101 Å². The first-order valence-corrected chi connectivity index (χ1v) is 13.7. The number of piperidine rings is 1. The molecule has 5 rings (SSSR count). The standard InChI is InChI=1S/C33H35FN6/c1-5-23(21-40-18-9-8-10-19-40)20-24(6-2)22(4)30(34)29-27(7-3)38-39-32(29)33-36-28-13-11-12-26(31(28)37-33)25-14-16-35-17-15-25/h5-7,11-17,20,38H,1,4,8-10,18-19,21H2,2-3H3,(H,36,37)/b23-20+,24-6+,27-7+,30-29-. The van der Waals surface area contributed by atoms with E-state index in [9.17, 15) is 0 Å². The maximum absolute atomic E-state index is 16.4. The Bertz CT molecular complexity index is 1720. The lowest BCUT2D eigenvalue weighted by molar-refractivity contribution is 0.248. The Morgan fingerprint density at radius 3 is 2.58 bits per heavy atom. The number of para-hydroxylation sites is 1. The molecule has 3 aromatic heterocycles. The van der Waals surface area contributed by atoms with Crippen LogP contribution in [0.5, 0.6) is 0 Å². The van der Waals surface area contributed by atoms with Crippen LogP contribution in [0.2, 0.25) is 0 Å². The summed E-state index contributed by atoms with van der Waals surface area (Å²) in [5.74, 6) is 0.0330. The molecule has 1 fully saturated rings. The molecule has 6 nitrogen and oxygen atoms in total. The number of aromatic nitrogens is 5. The van der Waals surface area contributed by atoms with E-state index in [2.05, 4.69) is 38.2 Å². The molecule has 1 aromatic carbocycles. The SMILES string of the molecule is C=C/C(=C\C(=C/C)C(=C)/C(F)=c1/c(-c2nc3c(-c4ccncc4)cccc3[nH]2)n[nH]/c1=C/C)CN1CCCCC1. The van der Waals surface area contributed by atoms with Gasteiger partial charge in [0.1, 0.15) is 11.5 Å². The molecule has 4 heterocycles. The molecule has 2 N–H and O–H groups in total. The van der Waals surface area contributed by atoms with Crippen molar-refractivity contribution in [1.82, 2.24) is 30.0 Å². The second kappa shape index (κ2) is 12.2. The van der Waals surface area contributed by atoms with Crippen LogP contribution in [0.4, 0.5) is 4.39 Å². The number of nitrogens with zero attached hydrogens (tertiary/aromatic N) is 4. The normalized spacial score (nSPS) is 16.4. The Morgan fingerprint density at radius 1 is 1.10 bits per heavy atom. The molecule has 1 aliphatic heterocycles. The predicted octanol–water partition coefficient (Wildman–Crippen LogP) is 5.99. The molecule has 0 spiro atoms. The third-order valence-electron chi connectivity index (χ3n) is 7.41. The van der Waals surface area contributed by atoms with Gasteiger partial charge in [-0.3, -0.25) is 15.0 Å². The van der Waals surface area contributed by atoms with E-state index in [1.807, 2.05) is 62.4 Å². The van der Waals surface area contributed by atoms with Crippen molar-refractivity contribution in [2.45, 2.75) is 33.1 Å². The molecule has 1 aliphatic rings. The first-order valence-electron chi connectivity index (χ1n) is 13.7. The summed E-state index contributed by atoms with van der Waals surface area (Å²) in [6.07, 6.45) is 14.7. The van der Waals surface area contributed by atoms with E-state index in [-0.39, 0.29) is 0 Å². The smallest absolute Gasteiger partial charge is 0.159 e. The van der Waals surface area contributed by atoms with E-state index >= 15 is 4.39 Å². The van der Waals surface area contributed by atoms with Crippen molar-refractivity contribution in [3.8, 4) is 22.6 Å². The number of hydrogen-bond donors (Lipinski definition) is 2. The first-order chi connectivity index (χ1) is 19.5. The van der Waals surface area contributed by atoms with Crippen LogP contribution in [0.25, 0.3) is 45.6 Å². The lowest BCUT2D eigenvalue weighted by Gasteiger charge is -2.26. The summed E-state index contributed by atoms with van der Waals surface area (Å²) < 4.78 is 16.4. The van der Waals surface area contributed by atoms with Gasteiger partial charge in [0.2, 0.25) is 0 Å². The van der Waals surface area contributed by atoms with Crippen molar-refractivity contribution >= 4 is 22.9 Å². The Kier molecular flexibility index (Phi) is 8.31. The first kappa shape index (κ1) is 27.2. The highest BCUT2D eigenvalue weighted by Crippen LogP contribution is 2.29. The van der Waals surface area contributed by atoms with E-state index in [0.29, 0.717) is 33.2 Å². The molecule has 0 bridgehead atoms. The number of imidazole rings is 1. The maximum Gasteiger partial charge on any atom is 0.159 e. The van der Waals surface area contributed by atoms with Crippen LogP contribution >= 0.6 is 0 Å². The fourth-order valence-electron chi connectivity index (χ4n) is 5.23. The van der Waals surface area contributed by atoms with Gasteiger partial charge in [-0.15, -0.1) is 0 Å². The minimum Gasteiger partial charge on any atom is -0.337 e. The van der Waals surface area contributed by atoms with Crippen LogP contribution in [0.15, 0.2) is 90.8 Å². The number of aromatic amines is 2. The Morgan fingerprint density at radius 2 is 1.88 bits per heavy atom. The lowest BCUT2D eigenvalue weighted by Crippen LogP contribution is -2.31. The Hall–Kier alpha value is -4.36. The lowest BCUT2D eigenvalue weighted by atomic mass is 10.0. The molecule has 0 radical (unpaired) electrons. The average Bonchev–Trinajstić information content (AvgIpc) is 3.63. The van der Waals surface area contributed by atoms with E-state index in [1.165, 1.54) is 19.3 Å². The van der Waals surface area contributed by atoms with E-state index in [0.717, 1.165) is 47.4 Å². The van der Waals surface area contributed by atoms with E-state index in [1.54, 1.807) is 18.5 Å². The van der Waals surface area contributed by atoms with Gasteiger partial charge in [0.05, 0.1) is 21.6 Å². The van der Waals surface area contributed by atoms with Crippen LogP contribution in [0.1, 0.15) is 33.1 Å². The summed E-state index contributed by atoms with van der Waals surface area (Å²) in [6.45, 7) is 14.9. The van der Waals surface area contributed by atoms with E-state index < -0.39 is 5.83 Å². The molecular weight excluding hydrogens is 499 g/mol. The second-order valence-corrected chi connectivity index (χ2v) is 9.97. The molecule has 7 heteroatoms.